The van der Waals surface area contributed by atoms with Crippen LogP contribution in [0.2, 0.25) is 0 Å². The number of aromatic nitrogens is 4. The summed E-state index contributed by atoms with van der Waals surface area (Å²) in [6, 6.07) is 6.39. The lowest BCUT2D eigenvalue weighted by molar-refractivity contribution is 0.445. The Morgan fingerprint density at radius 1 is 1.28 bits per heavy atom. The fraction of sp³-hybridized carbons (Fsp3) is 0.389. The van der Waals surface area contributed by atoms with Gasteiger partial charge in [-0.3, -0.25) is 9.48 Å². The standard InChI is InChI=1S/C18H22N6O/c1-11(2)24-17(25)15-10-20-18(22-16(15)23(24)3)21-14-5-4-13-9-19-7-6-12(13)8-14/h4-5,8,10-11,19H,6-7,9H2,1-3H3,(H,20,21,22). The van der Waals surface area contributed by atoms with Crippen molar-refractivity contribution in [3.05, 3.63) is 45.9 Å². The minimum atomic E-state index is -0.0552. The Hall–Kier alpha value is -2.67. The van der Waals surface area contributed by atoms with Gasteiger partial charge in [-0.2, -0.15) is 4.98 Å². The van der Waals surface area contributed by atoms with Crippen LogP contribution in [-0.2, 0) is 20.0 Å². The Bertz CT molecular complexity index is 1000. The molecule has 1 aromatic carbocycles. The first-order valence-electron chi connectivity index (χ1n) is 8.58. The molecule has 4 rings (SSSR count). The summed E-state index contributed by atoms with van der Waals surface area (Å²) in [4.78, 5) is 21.3. The van der Waals surface area contributed by atoms with Gasteiger partial charge in [0.2, 0.25) is 5.95 Å². The Balaban J connectivity index is 1.71. The maximum atomic E-state index is 12.5. The topological polar surface area (TPSA) is 76.8 Å². The van der Waals surface area contributed by atoms with E-state index < -0.39 is 0 Å². The molecule has 2 N–H and O–H groups in total. The van der Waals surface area contributed by atoms with Crippen molar-refractivity contribution in [2.75, 3.05) is 11.9 Å². The van der Waals surface area contributed by atoms with Crippen LogP contribution in [-0.4, -0.2) is 25.9 Å². The first kappa shape index (κ1) is 15.8. The number of nitrogens with one attached hydrogen (secondary N) is 2. The molecule has 0 bridgehead atoms. The van der Waals surface area contributed by atoms with Crippen LogP contribution >= 0.6 is 0 Å². The second-order valence-electron chi connectivity index (χ2n) is 6.73. The van der Waals surface area contributed by atoms with Crippen LogP contribution in [0.25, 0.3) is 11.0 Å². The number of hydrogen-bond acceptors (Lipinski definition) is 5. The average Bonchev–Trinajstić information content (AvgIpc) is 2.85. The third kappa shape index (κ3) is 2.70. The van der Waals surface area contributed by atoms with Crippen LogP contribution in [0.15, 0.2) is 29.2 Å². The SMILES string of the molecule is CC(C)n1c(=O)c2cnc(Nc3ccc4c(c3)CCNC4)nc2n1C. The van der Waals surface area contributed by atoms with Gasteiger partial charge >= 0.3 is 0 Å². The highest BCUT2D eigenvalue weighted by atomic mass is 16.1. The van der Waals surface area contributed by atoms with Crippen LogP contribution in [0.4, 0.5) is 11.6 Å². The fourth-order valence-corrected chi connectivity index (χ4v) is 3.46. The van der Waals surface area contributed by atoms with Crippen molar-refractivity contribution in [2.45, 2.75) is 32.9 Å². The summed E-state index contributed by atoms with van der Waals surface area (Å²) in [5.41, 5.74) is 4.24. The number of rotatable bonds is 3. The number of nitrogens with zero attached hydrogens (tertiary/aromatic N) is 4. The van der Waals surface area contributed by atoms with Crippen molar-refractivity contribution in [3.63, 3.8) is 0 Å². The molecule has 2 aromatic heterocycles. The predicted octanol–water partition coefficient (Wildman–Crippen LogP) is 2.10. The molecular weight excluding hydrogens is 316 g/mol. The molecule has 0 saturated heterocycles. The zero-order chi connectivity index (χ0) is 17.6. The molecule has 0 radical (unpaired) electrons. The normalized spacial score (nSPS) is 14.1. The number of hydrogen-bond donors (Lipinski definition) is 2. The van der Waals surface area contributed by atoms with Gasteiger partial charge in [0.05, 0.1) is 0 Å². The third-order valence-electron chi connectivity index (χ3n) is 4.67. The number of fused-ring (bicyclic) bond motifs is 2. The van der Waals surface area contributed by atoms with E-state index in [2.05, 4.69) is 32.7 Å². The van der Waals surface area contributed by atoms with E-state index in [0.29, 0.717) is 17.0 Å². The highest BCUT2D eigenvalue weighted by Gasteiger charge is 2.15. The van der Waals surface area contributed by atoms with Gasteiger partial charge in [-0.1, -0.05) is 6.07 Å². The van der Waals surface area contributed by atoms with Crippen molar-refractivity contribution in [3.8, 4) is 0 Å². The van der Waals surface area contributed by atoms with Crippen molar-refractivity contribution in [1.29, 1.82) is 0 Å². The Morgan fingerprint density at radius 2 is 2.12 bits per heavy atom. The summed E-state index contributed by atoms with van der Waals surface area (Å²) in [6.45, 7) is 5.89. The van der Waals surface area contributed by atoms with Crippen LogP contribution in [0, 0.1) is 0 Å². The minimum Gasteiger partial charge on any atom is -0.324 e. The van der Waals surface area contributed by atoms with Gasteiger partial charge in [0.25, 0.3) is 5.56 Å². The zero-order valence-corrected chi connectivity index (χ0v) is 14.7. The minimum absolute atomic E-state index is 0.0552. The average molecular weight is 338 g/mol. The molecule has 0 amide bonds. The molecule has 0 saturated carbocycles. The molecule has 0 fully saturated rings. The molecule has 130 valence electrons. The maximum Gasteiger partial charge on any atom is 0.278 e. The largest absolute Gasteiger partial charge is 0.324 e. The van der Waals surface area contributed by atoms with E-state index >= 15 is 0 Å². The third-order valence-corrected chi connectivity index (χ3v) is 4.67. The first-order chi connectivity index (χ1) is 12.0. The fourth-order valence-electron chi connectivity index (χ4n) is 3.46. The number of aryl methyl sites for hydroxylation is 1. The molecule has 1 aliphatic heterocycles. The molecule has 7 heteroatoms. The van der Waals surface area contributed by atoms with Gasteiger partial charge in [-0.15, -0.1) is 0 Å². The van der Waals surface area contributed by atoms with Gasteiger partial charge in [0, 0.05) is 31.5 Å². The summed E-state index contributed by atoms with van der Waals surface area (Å²) in [5, 5.41) is 7.18. The predicted molar refractivity (Wildman–Crippen MR) is 98.3 cm³/mol. The summed E-state index contributed by atoms with van der Waals surface area (Å²) >= 11 is 0. The van der Waals surface area contributed by atoms with Crippen molar-refractivity contribution < 1.29 is 0 Å². The zero-order valence-electron chi connectivity index (χ0n) is 14.7. The van der Waals surface area contributed by atoms with Crippen LogP contribution in [0.1, 0.15) is 31.0 Å². The number of benzene rings is 1. The van der Waals surface area contributed by atoms with Crippen molar-refractivity contribution in [2.24, 2.45) is 7.05 Å². The van der Waals surface area contributed by atoms with Crippen LogP contribution in [0.5, 0.6) is 0 Å². The lowest BCUT2D eigenvalue weighted by Crippen LogP contribution is -2.23. The maximum absolute atomic E-state index is 12.5. The van der Waals surface area contributed by atoms with Crippen LogP contribution in [0.3, 0.4) is 0 Å². The number of anilines is 2. The van der Waals surface area contributed by atoms with E-state index in [9.17, 15) is 4.79 Å². The van der Waals surface area contributed by atoms with Gasteiger partial charge in [0.1, 0.15) is 5.39 Å². The quantitative estimate of drug-likeness (QED) is 0.765. The monoisotopic (exact) mass is 338 g/mol. The molecule has 3 aromatic rings. The molecule has 0 spiro atoms. The van der Waals surface area contributed by atoms with Crippen LogP contribution < -0.4 is 16.2 Å². The van der Waals surface area contributed by atoms with E-state index in [4.69, 9.17) is 0 Å². The summed E-state index contributed by atoms with van der Waals surface area (Å²) < 4.78 is 3.49. The molecule has 25 heavy (non-hydrogen) atoms. The molecule has 7 nitrogen and oxygen atoms in total. The lowest BCUT2D eigenvalue weighted by atomic mass is 10.0. The Labute approximate surface area is 145 Å². The summed E-state index contributed by atoms with van der Waals surface area (Å²) in [5.74, 6) is 0.498. The van der Waals surface area contributed by atoms with E-state index in [-0.39, 0.29) is 11.6 Å². The lowest BCUT2D eigenvalue weighted by Gasteiger charge is -2.18. The summed E-state index contributed by atoms with van der Waals surface area (Å²) in [6.07, 6.45) is 2.63. The van der Waals surface area contributed by atoms with E-state index in [0.717, 1.165) is 25.2 Å². The van der Waals surface area contributed by atoms with Crippen molar-refractivity contribution in [1.82, 2.24) is 24.6 Å². The van der Waals surface area contributed by atoms with E-state index in [1.165, 1.54) is 11.1 Å². The van der Waals surface area contributed by atoms with E-state index in [1.807, 2.05) is 27.0 Å². The van der Waals surface area contributed by atoms with Crippen molar-refractivity contribution >= 4 is 22.7 Å². The van der Waals surface area contributed by atoms with Gasteiger partial charge < -0.3 is 10.6 Å². The van der Waals surface area contributed by atoms with Gasteiger partial charge in [-0.05, 0) is 50.1 Å². The summed E-state index contributed by atoms with van der Waals surface area (Å²) in [7, 11) is 1.85. The molecule has 0 aliphatic carbocycles. The Morgan fingerprint density at radius 3 is 2.92 bits per heavy atom. The molecule has 3 heterocycles. The second-order valence-corrected chi connectivity index (χ2v) is 6.73. The highest BCUT2D eigenvalue weighted by molar-refractivity contribution is 5.75. The Kier molecular flexibility index (Phi) is 3.80. The molecule has 0 unspecified atom stereocenters. The van der Waals surface area contributed by atoms with Gasteiger partial charge in [0.15, 0.2) is 5.65 Å². The van der Waals surface area contributed by atoms with E-state index in [1.54, 1.807) is 15.6 Å². The molecular formula is C18H22N6O. The molecule has 0 atom stereocenters. The molecule has 1 aliphatic rings. The smallest absolute Gasteiger partial charge is 0.278 e. The first-order valence-corrected chi connectivity index (χ1v) is 8.58. The second kappa shape index (κ2) is 6.00. The highest BCUT2D eigenvalue weighted by Crippen LogP contribution is 2.21. The van der Waals surface area contributed by atoms with Gasteiger partial charge in [-0.25, -0.2) is 9.67 Å².